The minimum Gasteiger partial charge on any atom is -0.548 e. The molecule has 18 heavy (non-hydrogen) atoms. The Labute approximate surface area is 103 Å². The first-order valence-electron chi connectivity index (χ1n) is 5.45. The van der Waals surface area contributed by atoms with Crippen LogP contribution in [0.1, 0.15) is 6.92 Å². The second-order valence-electron chi connectivity index (χ2n) is 3.92. The number of aliphatic carboxylic acids is 1. The zero-order chi connectivity index (χ0) is 13.1. The Balaban J connectivity index is 2.39. The number of benzene rings is 1. The number of aromatic nitrogens is 2. The van der Waals surface area contributed by atoms with E-state index in [2.05, 4.69) is 15.3 Å². The summed E-state index contributed by atoms with van der Waals surface area (Å²) in [6.45, 7) is 1.37. The van der Waals surface area contributed by atoms with Crippen molar-refractivity contribution in [2.75, 3.05) is 5.32 Å². The highest BCUT2D eigenvalue weighted by Crippen LogP contribution is 2.19. The maximum atomic E-state index is 10.9. The molecule has 0 saturated carbocycles. The fourth-order valence-electron chi connectivity index (χ4n) is 1.64. The van der Waals surface area contributed by atoms with E-state index in [9.17, 15) is 15.0 Å². The zero-order valence-electron chi connectivity index (χ0n) is 9.70. The highest BCUT2D eigenvalue weighted by Gasteiger charge is 2.17. The molecule has 0 saturated heterocycles. The maximum Gasteiger partial charge on any atom is 0.137 e. The number of hydrogen-bond acceptors (Lipinski definition) is 6. The van der Waals surface area contributed by atoms with E-state index in [1.807, 2.05) is 6.07 Å². The predicted molar refractivity (Wildman–Crippen MR) is 63.6 cm³/mol. The Morgan fingerprint density at radius 2 is 2.11 bits per heavy atom. The second kappa shape index (κ2) is 4.97. The van der Waals surface area contributed by atoms with Crippen LogP contribution >= 0.6 is 0 Å². The number of para-hydroxylation sites is 1. The van der Waals surface area contributed by atoms with Crippen LogP contribution in [-0.4, -0.2) is 33.2 Å². The number of carboxylic acid groups (broad SMARTS) is 1. The van der Waals surface area contributed by atoms with Gasteiger partial charge in [0.2, 0.25) is 0 Å². The number of aliphatic hydroxyl groups excluding tert-OH is 1. The number of aliphatic hydroxyl groups is 1. The lowest BCUT2D eigenvalue weighted by Crippen LogP contribution is -2.47. The summed E-state index contributed by atoms with van der Waals surface area (Å²) in [5.74, 6) is -1.02. The summed E-state index contributed by atoms with van der Waals surface area (Å²) < 4.78 is 0. The van der Waals surface area contributed by atoms with Gasteiger partial charge in [-0.1, -0.05) is 12.1 Å². The minimum atomic E-state index is -1.38. The summed E-state index contributed by atoms with van der Waals surface area (Å²) in [5, 5.41) is 23.6. The highest BCUT2D eigenvalue weighted by molar-refractivity contribution is 5.90. The molecule has 0 fully saturated rings. The first-order valence-corrected chi connectivity index (χ1v) is 5.45. The lowest BCUT2D eigenvalue weighted by atomic mass is 10.1. The number of rotatable bonds is 4. The summed E-state index contributed by atoms with van der Waals surface area (Å²) in [7, 11) is 0. The number of anilines is 1. The van der Waals surface area contributed by atoms with Gasteiger partial charge in [-0.3, -0.25) is 0 Å². The first-order chi connectivity index (χ1) is 8.59. The van der Waals surface area contributed by atoms with Crippen LogP contribution in [0.3, 0.4) is 0 Å². The van der Waals surface area contributed by atoms with Gasteiger partial charge in [-0.2, -0.15) is 0 Å². The van der Waals surface area contributed by atoms with Crippen molar-refractivity contribution in [3.63, 3.8) is 0 Å². The predicted octanol–water partition coefficient (Wildman–Crippen LogP) is -0.459. The summed E-state index contributed by atoms with van der Waals surface area (Å²) in [6.07, 6.45) is 0.239. The van der Waals surface area contributed by atoms with E-state index in [0.29, 0.717) is 16.7 Å². The van der Waals surface area contributed by atoms with E-state index in [0.717, 1.165) is 0 Å². The van der Waals surface area contributed by atoms with Gasteiger partial charge in [0.15, 0.2) is 0 Å². The normalized spacial score (nSPS) is 14.1. The number of hydrogen-bond donors (Lipinski definition) is 2. The SMILES string of the molecule is C[C@@H](O)[C@@H](Nc1ncnc2ccccc12)C(=O)[O-]. The van der Waals surface area contributed by atoms with Crippen LogP contribution in [0.4, 0.5) is 5.82 Å². The third-order valence-electron chi connectivity index (χ3n) is 2.57. The van der Waals surface area contributed by atoms with Crippen molar-refractivity contribution in [3.8, 4) is 0 Å². The van der Waals surface area contributed by atoms with Crippen LogP contribution in [0.15, 0.2) is 30.6 Å². The summed E-state index contributed by atoms with van der Waals surface area (Å²) in [4.78, 5) is 19.0. The third kappa shape index (κ3) is 2.38. The number of carboxylic acids is 1. The van der Waals surface area contributed by atoms with E-state index in [-0.39, 0.29) is 0 Å². The van der Waals surface area contributed by atoms with E-state index in [1.54, 1.807) is 18.2 Å². The average Bonchev–Trinajstić information content (AvgIpc) is 2.35. The van der Waals surface area contributed by atoms with Crippen molar-refractivity contribution in [3.05, 3.63) is 30.6 Å². The zero-order valence-corrected chi connectivity index (χ0v) is 9.70. The topological polar surface area (TPSA) is 98.2 Å². The van der Waals surface area contributed by atoms with Crippen LogP contribution in [0.25, 0.3) is 10.9 Å². The van der Waals surface area contributed by atoms with Crippen molar-refractivity contribution in [2.24, 2.45) is 0 Å². The van der Waals surface area contributed by atoms with E-state index >= 15 is 0 Å². The Morgan fingerprint density at radius 1 is 1.39 bits per heavy atom. The summed E-state index contributed by atoms with van der Waals surface area (Å²) in [6, 6.07) is 5.96. The van der Waals surface area contributed by atoms with E-state index in [4.69, 9.17) is 0 Å². The van der Waals surface area contributed by atoms with Gasteiger partial charge in [0, 0.05) is 5.39 Å². The third-order valence-corrected chi connectivity index (χ3v) is 2.57. The quantitative estimate of drug-likeness (QED) is 0.757. The minimum absolute atomic E-state index is 0.357. The second-order valence-corrected chi connectivity index (χ2v) is 3.92. The van der Waals surface area contributed by atoms with Crippen LogP contribution < -0.4 is 10.4 Å². The average molecular weight is 246 g/mol. The van der Waals surface area contributed by atoms with Crippen LogP contribution in [0, 0.1) is 0 Å². The molecular weight excluding hydrogens is 234 g/mol. The highest BCUT2D eigenvalue weighted by atomic mass is 16.4. The summed E-state index contributed by atoms with van der Waals surface area (Å²) >= 11 is 0. The molecule has 0 aliphatic carbocycles. The molecule has 0 aliphatic heterocycles. The van der Waals surface area contributed by atoms with Gasteiger partial charge in [-0.15, -0.1) is 0 Å². The van der Waals surface area contributed by atoms with Gasteiger partial charge in [0.25, 0.3) is 0 Å². The maximum absolute atomic E-state index is 10.9. The largest absolute Gasteiger partial charge is 0.548 e. The monoisotopic (exact) mass is 246 g/mol. The molecule has 0 amide bonds. The smallest absolute Gasteiger partial charge is 0.137 e. The van der Waals surface area contributed by atoms with Crippen molar-refractivity contribution >= 4 is 22.7 Å². The molecule has 2 N–H and O–H groups in total. The molecule has 0 radical (unpaired) electrons. The summed E-state index contributed by atoms with van der Waals surface area (Å²) in [5.41, 5.74) is 0.692. The van der Waals surface area contributed by atoms with Gasteiger partial charge in [-0.25, -0.2) is 9.97 Å². The van der Waals surface area contributed by atoms with Crippen molar-refractivity contribution in [2.45, 2.75) is 19.1 Å². The molecule has 0 spiro atoms. The fourth-order valence-corrected chi connectivity index (χ4v) is 1.64. The van der Waals surface area contributed by atoms with Gasteiger partial charge < -0.3 is 20.3 Å². The molecule has 2 aromatic rings. The fraction of sp³-hybridized carbons (Fsp3) is 0.250. The Bertz CT molecular complexity index is 566. The number of fused-ring (bicyclic) bond motifs is 1. The molecule has 0 bridgehead atoms. The number of carbonyl (C=O) groups excluding carboxylic acids is 1. The van der Waals surface area contributed by atoms with E-state index in [1.165, 1.54) is 13.3 Å². The first kappa shape index (κ1) is 12.3. The molecule has 2 rings (SSSR count). The molecule has 1 heterocycles. The molecule has 1 aromatic carbocycles. The Kier molecular flexibility index (Phi) is 3.38. The van der Waals surface area contributed by atoms with Crippen LogP contribution in [0.5, 0.6) is 0 Å². The van der Waals surface area contributed by atoms with Gasteiger partial charge in [0.05, 0.1) is 23.6 Å². The molecule has 6 nitrogen and oxygen atoms in total. The number of nitrogens with one attached hydrogen (secondary N) is 1. The standard InChI is InChI=1S/C12H13N3O3/c1-7(16)10(12(17)18)15-11-8-4-2-3-5-9(8)13-6-14-11/h2-7,10,16H,1H3,(H,17,18)(H,13,14,15)/p-1/t7-,10-/m1/s1. The molecule has 1 aromatic heterocycles. The van der Waals surface area contributed by atoms with Gasteiger partial charge in [-0.05, 0) is 19.1 Å². The Hall–Kier alpha value is -2.21. The van der Waals surface area contributed by atoms with Crippen molar-refractivity contribution < 1.29 is 15.0 Å². The van der Waals surface area contributed by atoms with Crippen molar-refractivity contribution in [1.82, 2.24) is 9.97 Å². The Morgan fingerprint density at radius 3 is 2.78 bits per heavy atom. The number of nitrogens with zero attached hydrogens (tertiary/aromatic N) is 2. The van der Waals surface area contributed by atoms with E-state index < -0.39 is 18.1 Å². The lowest BCUT2D eigenvalue weighted by molar-refractivity contribution is -0.308. The molecule has 0 unspecified atom stereocenters. The van der Waals surface area contributed by atoms with Crippen LogP contribution in [0.2, 0.25) is 0 Å². The molecular formula is C12H12N3O3-. The van der Waals surface area contributed by atoms with Gasteiger partial charge in [0.1, 0.15) is 12.1 Å². The molecule has 2 atom stereocenters. The number of carbonyl (C=O) groups is 1. The molecule has 0 aliphatic rings. The van der Waals surface area contributed by atoms with Gasteiger partial charge >= 0.3 is 0 Å². The molecule has 94 valence electrons. The van der Waals surface area contributed by atoms with Crippen LogP contribution in [-0.2, 0) is 4.79 Å². The molecule has 6 heteroatoms. The van der Waals surface area contributed by atoms with Crippen molar-refractivity contribution in [1.29, 1.82) is 0 Å². The lowest BCUT2D eigenvalue weighted by Gasteiger charge is -2.23.